The zero-order chi connectivity index (χ0) is 18.2. The second-order valence-corrected chi connectivity index (χ2v) is 8.25. The van der Waals surface area contributed by atoms with Gasteiger partial charge in [-0.1, -0.05) is 30.3 Å². The Morgan fingerprint density at radius 1 is 1.11 bits per heavy atom. The molecule has 3 aromatic heterocycles. The first-order valence-electron chi connectivity index (χ1n) is 9.31. The molecule has 0 aliphatic carbocycles. The zero-order valence-electron chi connectivity index (χ0n) is 15.3. The van der Waals surface area contributed by atoms with E-state index in [1.54, 1.807) is 17.7 Å². The minimum atomic E-state index is 0.814. The van der Waals surface area contributed by atoms with Gasteiger partial charge in [0.05, 0.1) is 24.0 Å². The molecule has 0 atom stereocenters. The molecule has 4 aromatic rings. The van der Waals surface area contributed by atoms with Crippen LogP contribution in [0, 0.1) is 6.92 Å². The fourth-order valence-corrected chi connectivity index (χ4v) is 4.70. The number of fused-ring (bicyclic) bond motifs is 2. The van der Waals surface area contributed by atoms with Gasteiger partial charge in [-0.05, 0) is 25.0 Å². The van der Waals surface area contributed by atoms with E-state index >= 15 is 0 Å². The number of benzene rings is 1. The summed E-state index contributed by atoms with van der Waals surface area (Å²) < 4.78 is 2.32. The van der Waals surface area contributed by atoms with Crippen molar-refractivity contribution in [2.24, 2.45) is 0 Å². The van der Waals surface area contributed by atoms with Gasteiger partial charge in [0.1, 0.15) is 17.0 Å². The van der Waals surface area contributed by atoms with Gasteiger partial charge in [0.25, 0.3) is 0 Å². The first-order chi connectivity index (χ1) is 13.3. The number of aryl methyl sites for hydroxylation is 3. The summed E-state index contributed by atoms with van der Waals surface area (Å²) in [4.78, 5) is 18.4. The number of thiophene rings is 1. The molecule has 0 amide bonds. The molecule has 5 nitrogen and oxygen atoms in total. The first-order valence-corrected chi connectivity index (χ1v) is 10.1. The molecule has 0 unspecified atom stereocenters. The zero-order valence-corrected chi connectivity index (χ0v) is 16.1. The third-order valence-corrected chi connectivity index (χ3v) is 6.17. The van der Waals surface area contributed by atoms with E-state index in [2.05, 4.69) is 62.8 Å². The lowest BCUT2D eigenvalue weighted by Crippen LogP contribution is -2.32. The standard InChI is InChI=1S/C21H21N5S/c1-15-11-17-20(22-13-23-21(17)27-15)25-10-8-19-18(12-25)24-14-26(19)9-7-16-5-3-2-4-6-16/h2-6,11,13-14H,7-10,12H2,1H3. The predicted octanol–water partition coefficient (Wildman–Crippen LogP) is 4.00. The molecular formula is C21H21N5S. The summed E-state index contributed by atoms with van der Waals surface area (Å²) in [6.45, 7) is 4.88. The topological polar surface area (TPSA) is 46.8 Å². The van der Waals surface area contributed by atoms with Crippen LogP contribution in [-0.4, -0.2) is 26.1 Å². The fraction of sp³-hybridized carbons (Fsp3) is 0.286. The summed E-state index contributed by atoms with van der Waals surface area (Å²) in [5.74, 6) is 1.04. The summed E-state index contributed by atoms with van der Waals surface area (Å²) in [7, 11) is 0. The van der Waals surface area contributed by atoms with Crippen molar-refractivity contribution in [3.63, 3.8) is 0 Å². The lowest BCUT2D eigenvalue weighted by molar-refractivity contribution is 0.623. The molecule has 0 saturated carbocycles. The Hall–Kier alpha value is -2.73. The van der Waals surface area contributed by atoms with Crippen molar-refractivity contribution < 1.29 is 0 Å². The van der Waals surface area contributed by atoms with Crippen molar-refractivity contribution in [2.75, 3.05) is 11.4 Å². The monoisotopic (exact) mass is 375 g/mol. The lowest BCUT2D eigenvalue weighted by Gasteiger charge is -2.28. The fourth-order valence-electron chi connectivity index (χ4n) is 3.85. The van der Waals surface area contributed by atoms with E-state index in [-0.39, 0.29) is 0 Å². The second kappa shape index (κ2) is 6.78. The molecule has 0 radical (unpaired) electrons. The maximum atomic E-state index is 4.71. The number of aromatic nitrogens is 4. The van der Waals surface area contributed by atoms with E-state index in [4.69, 9.17) is 4.98 Å². The SMILES string of the molecule is Cc1cc2c(N3CCc4c(ncn4CCc4ccccc4)C3)ncnc2s1. The maximum absolute atomic E-state index is 4.71. The van der Waals surface area contributed by atoms with E-state index in [1.165, 1.54) is 21.8 Å². The van der Waals surface area contributed by atoms with Crippen LogP contribution in [0.25, 0.3) is 10.2 Å². The van der Waals surface area contributed by atoms with Gasteiger partial charge < -0.3 is 9.47 Å². The second-order valence-electron chi connectivity index (χ2n) is 7.01. The summed E-state index contributed by atoms with van der Waals surface area (Å²) >= 11 is 1.73. The Bertz CT molecular complexity index is 1080. The van der Waals surface area contributed by atoms with Gasteiger partial charge in [-0.2, -0.15) is 0 Å². The third-order valence-electron chi connectivity index (χ3n) is 5.21. The van der Waals surface area contributed by atoms with Gasteiger partial charge in [0.2, 0.25) is 0 Å². The van der Waals surface area contributed by atoms with Gasteiger partial charge in [-0.25, -0.2) is 15.0 Å². The predicted molar refractivity (Wildman–Crippen MR) is 109 cm³/mol. The highest BCUT2D eigenvalue weighted by Gasteiger charge is 2.23. The molecule has 5 rings (SSSR count). The molecule has 0 bridgehead atoms. The molecule has 0 spiro atoms. The average Bonchev–Trinajstić information content (AvgIpc) is 3.28. The maximum Gasteiger partial charge on any atom is 0.141 e. The van der Waals surface area contributed by atoms with Crippen LogP contribution in [0.5, 0.6) is 0 Å². The van der Waals surface area contributed by atoms with Crippen molar-refractivity contribution >= 4 is 27.4 Å². The number of rotatable bonds is 4. The highest BCUT2D eigenvalue weighted by Crippen LogP contribution is 2.32. The molecule has 1 aliphatic heterocycles. The summed E-state index contributed by atoms with van der Waals surface area (Å²) in [5.41, 5.74) is 3.91. The van der Waals surface area contributed by atoms with Gasteiger partial charge in [0.15, 0.2) is 0 Å². The van der Waals surface area contributed by atoms with Crippen LogP contribution in [0.4, 0.5) is 5.82 Å². The quantitative estimate of drug-likeness (QED) is 0.541. The molecule has 27 heavy (non-hydrogen) atoms. The van der Waals surface area contributed by atoms with E-state index in [0.29, 0.717) is 0 Å². The largest absolute Gasteiger partial charge is 0.350 e. The van der Waals surface area contributed by atoms with Crippen LogP contribution < -0.4 is 4.90 Å². The lowest BCUT2D eigenvalue weighted by atomic mass is 10.1. The van der Waals surface area contributed by atoms with Crippen molar-refractivity contribution in [2.45, 2.75) is 32.9 Å². The molecule has 136 valence electrons. The summed E-state index contributed by atoms with van der Waals surface area (Å²) in [6.07, 6.45) is 5.72. The molecule has 4 heterocycles. The summed E-state index contributed by atoms with van der Waals surface area (Å²) in [6, 6.07) is 12.8. The Morgan fingerprint density at radius 3 is 2.89 bits per heavy atom. The number of imidazole rings is 1. The number of nitrogens with zero attached hydrogens (tertiary/aromatic N) is 5. The highest BCUT2D eigenvalue weighted by atomic mass is 32.1. The number of anilines is 1. The minimum absolute atomic E-state index is 0.814. The average molecular weight is 376 g/mol. The van der Waals surface area contributed by atoms with Crippen molar-refractivity contribution in [1.82, 2.24) is 19.5 Å². The molecule has 1 aromatic carbocycles. The number of hydrogen-bond acceptors (Lipinski definition) is 5. The van der Waals surface area contributed by atoms with Crippen molar-refractivity contribution in [3.8, 4) is 0 Å². The van der Waals surface area contributed by atoms with E-state index in [1.807, 2.05) is 6.33 Å². The van der Waals surface area contributed by atoms with Gasteiger partial charge in [-0.3, -0.25) is 0 Å². The molecule has 0 fully saturated rings. The summed E-state index contributed by atoms with van der Waals surface area (Å²) in [5, 5.41) is 1.16. The van der Waals surface area contributed by atoms with Gasteiger partial charge >= 0.3 is 0 Å². The molecule has 0 N–H and O–H groups in total. The Balaban J connectivity index is 1.37. The van der Waals surface area contributed by atoms with Gasteiger partial charge in [0, 0.05) is 30.1 Å². The van der Waals surface area contributed by atoms with Crippen LogP contribution >= 0.6 is 11.3 Å². The molecular weight excluding hydrogens is 354 g/mol. The highest BCUT2D eigenvalue weighted by molar-refractivity contribution is 7.18. The van der Waals surface area contributed by atoms with Crippen LogP contribution in [0.2, 0.25) is 0 Å². The van der Waals surface area contributed by atoms with Crippen LogP contribution in [0.15, 0.2) is 49.1 Å². The van der Waals surface area contributed by atoms with Crippen molar-refractivity contribution in [1.29, 1.82) is 0 Å². The minimum Gasteiger partial charge on any atom is -0.350 e. The molecule has 0 saturated heterocycles. The third kappa shape index (κ3) is 3.10. The Kier molecular flexibility index (Phi) is 4.13. The normalized spacial score (nSPS) is 13.9. The van der Waals surface area contributed by atoms with Crippen molar-refractivity contribution in [3.05, 3.63) is 70.9 Å². The van der Waals surface area contributed by atoms with Gasteiger partial charge in [-0.15, -0.1) is 11.3 Å². The molecule has 1 aliphatic rings. The van der Waals surface area contributed by atoms with E-state index in [0.717, 1.165) is 48.5 Å². The smallest absolute Gasteiger partial charge is 0.141 e. The Labute approximate surface area is 162 Å². The van der Waals surface area contributed by atoms with E-state index in [9.17, 15) is 0 Å². The number of hydrogen-bond donors (Lipinski definition) is 0. The molecule has 6 heteroatoms. The Morgan fingerprint density at radius 2 is 2.00 bits per heavy atom. The van der Waals surface area contributed by atoms with Crippen LogP contribution in [0.3, 0.4) is 0 Å². The first kappa shape index (κ1) is 16.4. The van der Waals surface area contributed by atoms with E-state index < -0.39 is 0 Å². The van der Waals surface area contributed by atoms with Crippen LogP contribution in [0.1, 0.15) is 21.8 Å². The van der Waals surface area contributed by atoms with Crippen LogP contribution in [-0.2, 0) is 25.9 Å².